The topological polar surface area (TPSA) is 48.9 Å². The lowest BCUT2D eigenvalue weighted by Crippen LogP contribution is -2.44. The molecule has 0 radical (unpaired) electrons. The molecule has 130 valence electrons. The van der Waals surface area contributed by atoms with E-state index in [1.54, 1.807) is 7.11 Å². The van der Waals surface area contributed by atoms with E-state index in [9.17, 15) is 0 Å². The van der Waals surface area contributed by atoms with Gasteiger partial charge in [-0.2, -0.15) is 0 Å². The summed E-state index contributed by atoms with van der Waals surface area (Å²) in [6, 6.07) is 0.270. The van der Waals surface area contributed by atoms with Gasteiger partial charge in [0.1, 0.15) is 0 Å². The Kier molecular flexibility index (Phi) is 9.48. The van der Waals surface area contributed by atoms with Gasteiger partial charge in [0.15, 0.2) is 5.96 Å². The van der Waals surface area contributed by atoms with Gasteiger partial charge in [-0.25, -0.2) is 0 Å². The van der Waals surface area contributed by atoms with E-state index in [0.29, 0.717) is 6.61 Å². The van der Waals surface area contributed by atoms with E-state index >= 15 is 0 Å². The lowest BCUT2D eigenvalue weighted by molar-refractivity contribution is 0.140. The summed E-state index contributed by atoms with van der Waals surface area (Å²) in [5.41, 5.74) is 0. The van der Waals surface area contributed by atoms with Crippen molar-refractivity contribution in [3.8, 4) is 0 Å². The molecule has 5 heteroatoms. The summed E-state index contributed by atoms with van der Waals surface area (Å²) >= 11 is 0. The number of nitrogens with one attached hydrogen (secondary N) is 2. The first-order chi connectivity index (χ1) is 10.5. The molecule has 1 saturated heterocycles. The number of methoxy groups -OCH3 is 1. The standard InChI is InChI=1S/C17H36N4O/c1-6-18-17(20-16(4)13-22-5)19-8-7-9-21-11-14(2)10-15(3)12-21/h14-16H,6-13H2,1-5H3,(H2,18,19,20). The largest absolute Gasteiger partial charge is 0.383 e. The second-order valence-electron chi connectivity index (χ2n) is 6.82. The summed E-state index contributed by atoms with van der Waals surface area (Å²) in [4.78, 5) is 7.27. The van der Waals surface area contributed by atoms with Crippen LogP contribution in [0.2, 0.25) is 0 Å². The van der Waals surface area contributed by atoms with Gasteiger partial charge < -0.3 is 20.3 Å². The number of likely N-dealkylation sites (tertiary alicyclic amines) is 1. The first kappa shape index (κ1) is 19.2. The van der Waals surface area contributed by atoms with Gasteiger partial charge in [-0.05, 0) is 45.1 Å². The number of rotatable bonds is 8. The van der Waals surface area contributed by atoms with Crippen LogP contribution in [-0.4, -0.2) is 63.3 Å². The number of aliphatic imine (C=N–C) groups is 1. The number of piperidine rings is 1. The van der Waals surface area contributed by atoms with Gasteiger partial charge in [0.25, 0.3) is 0 Å². The molecule has 1 fully saturated rings. The molecule has 1 rings (SSSR count). The highest BCUT2D eigenvalue weighted by Crippen LogP contribution is 2.20. The number of hydrogen-bond donors (Lipinski definition) is 2. The highest BCUT2D eigenvalue weighted by Gasteiger charge is 2.20. The molecule has 0 saturated carbocycles. The zero-order chi connectivity index (χ0) is 16.4. The molecule has 0 aliphatic carbocycles. The van der Waals surface area contributed by atoms with Crippen molar-refractivity contribution in [3.05, 3.63) is 0 Å². The number of hydrogen-bond acceptors (Lipinski definition) is 3. The van der Waals surface area contributed by atoms with Crippen LogP contribution in [0.5, 0.6) is 0 Å². The summed E-state index contributed by atoms with van der Waals surface area (Å²) in [7, 11) is 1.73. The highest BCUT2D eigenvalue weighted by atomic mass is 16.5. The molecule has 0 spiro atoms. The molecular formula is C17H36N4O. The highest BCUT2D eigenvalue weighted by molar-refractivity contribution is 5.80. The smallest absolute Gasteiger partial charge is 0.191 e. The maximum atomic E-state index is 5.16. The second-order valence-corrected chi connectivity index (χ2v) is 6.82. The van der Waals surface area contributed by atoms with E-state index in [4.69, 9.17) is 4.74 Å². The third-order valence-corrected chi connectivity index (χ3v) is 3.99. The van der Waals surface area contributed by atoms with Crippen LogP contribution in [-0.2, 0) is 4.74 Å². The Morgan fingerprint density at radius 2 is 2.00 bits per heavy atom. The molecule has 2 N–H and O–H groups in total. The number of guanidine groups is 1. The minimum Gasteiger partial charge on any atom is -0.383 e. The summed E-state index contributed by atoms with van der Waals surface area (Å²) < 4.78 is 5.16. The van der Waals surface area contributed by atoms with Gasteiger partial charge in [0, 0.05) is 39.3 Å². The first-order valence-corrected chi connectivity index (χ1v) is 8.81. The van der Waals surface area contributed by atoms with E-state index in [1.165, 1.54) is 19.5 Å². The Balaban J connectivity index is 2.30. The molecule has 0 aromatic carbocycles. The van der Waals surface area contributed by atoms with Gasteiger partial charge in [-0.1, -0.05) is 13.8 Å². The average molecular weight is 313 g/mol. The second kappa shape index (κ2) is 10.8. The van der Waals surface area contributed by atoms with E-state index in [-0.39, 0.29) is 6.04 Å². The molecule has 1 heterocycles. The fourth-order valence-corrected chi connectivity index (χ4v) is 3.30. The lowest BCUT2D eigenvalue weighted by Gasteiger charge is -2.34. The van der Waals surface area contributed by atoms with Crippen LogP contribution >= 0.6 is 0 Å². The van der Waals surface area contributed by atoms with Gasteiger partial charge in [-0.15, -0.1) is 0 Å². The summed E-state index contributed by atoms with van der Waals surface area (Å²) in [5, 5.41) is 6.67. The Bertz CT molecular complexity index is 312. The molecule has 0 aromatic heterocycles. The minimum absolute atomic E-state index is 0.270. The Labute approximate surface area is 136 Å². The maximum absolute atomic E-state index is 5.16. The van der Waals surface area contributed by atoms with Crippen molar-refractivity contribution in [1.29, 1.82) is 0 Å². The zero-order valence-electron chi connectivity index (χ0n) is 15.2. The van der Waals surface area contributed by atoms with Crippen molar-refractivity contribution in [2.24, 2.45) is 16.8 Å². The van der Waals surface area contributed by atoms with Crippen molar-refractivity contribution in [1.82, 2.24) is 15.5 Å². The van der Waals surface area contributed by atoms with Gasteiger partial charge in [-0.3, -0.25) is 4.99 Å². The van der Waals surface area contributed by atoms with E-state index in [0.717, 1.165) is 43.9 Å². The SMILES string of the molecule is CCNC(=NCCCN1CC(C)CC(C)C1)NC(C)COC. The maximum Gasteiger partial charge on any atom is 0.191 e. The molecule has 0 amide bonds. The van der Waals surface area contributed by atoms with Gasteiger partial charge in [0.2, 0.25) is 0 Å². The molecular weight excluding hydrogens is 276 g/mol. The van der Waals surface area contributed by atoms with E-state index in [2.05, 4.69) is 48.2 Å². The Morgan fingerprint density at radius 1 is 1.32 bits per heavy atom. The normalized spacial score (nSPS) is 25.0. The molecule has 1 aliphatic heterocycles. The third kappa shape index (κ3) is 7.99. The van der Waals surface area contributed by atoms with Crippen LogP contribution in [0.1, 0.15) is 40.5 Å². The minimum atomic E-state index is 0.270. The Hall–Kier alpha value is -0.810. The molecule has 3 unspecified atom stereocenters. The van der Waals surface area contributed by atoms with Gasteiger partial charge >= 0.3 is 0 Å². The van der Waals surface area contributed by atoms with Crippen LogP contribution in [0.3, 0.4) is 0 Å². The van der Waals surface area contributed by atoms with Crippen molar-refractivity contribution >= 4 is 5.96 Å². The first-order valence-electron chi connectivity index (χ1n) is 8.81. The molecule has 0 aromatic rings. The molecule has 5 nitrogen and oxygen atoms in total. The van der Waals surface area contributed by atoms with E-state index in [1.807, 2.05) is 0 Å². The van der Waals surface area contributed by atoms with Crippen molar-refractivity contribution in [2.45, 2.75) is 46.6 Å². The Morgan fingerprint density at radius 3 is 2.59 bits per heavy atom. The summed E-state index contributed by atoms with van der Waals surface area (Å²) in [6.07, 6.45) is 2.50. The predicted molar refractivity (Wildman–Crippen MR) is 94.5 cm³/mol. The summed E-state index contributed by atoms with van der Waals surface area (Å²) in [5.74, 6) is 2.56. The van der Waals surface area contributed by atoms with Gasteiger partial charge in [0.05, 0.1) is 6.61 Å². The molecule has 22 heavy (non-hydrogen) atoms. The zero-order valence-corrected chi connectivity index (χ0v) is 15.2. The van der Waals surface area contributed by atoms with Crippen LogP contribution in [0.15, 0.2) is 4.99 Å². The fraction of sp³-hybridized carbons (Fsp3) is 0.941. The van der Waals surface area contributed by atoms with Crippen molar-refractivity contribution in [2.75, 3.05) is 46.4 Å². The van der Waals surface area contributed by atoms with E-state index < -0.39 is 0 Å². The van der Waals surface area contributed by atoms with Crippen LogP contribution < -0.4 is 10.6 Å². The predicted octanol–water partition coefficient (Wildman–Crippen LogP) is 1.94. The third-order valence-electron chi connectivity index (χ3n) is 3.99. The summed E-state index contributed by atoms with van der Waals surface area (Å²) in [6.45, 7) is 15.0. The molecule has 1 aliphatic rings. The van der Waals surface area contributed by atoms with Crippen LogP contribution in [0, 0.1) is 11.8 Å². The van der Waals surface area contributed by atoms with Crippen LogP contribution in [0.4, 0.5) is 0 Å². The lowest BCUT2D eigenvalue weighted by atomic mass is 9.92. The molecule has 0 bridgehead atoms. The van der Waals surface area contributed by atoms with Crippen LogP contribution in [0.25, 0.3) is 0 Å². The quantitative estimate of drug-likeness (QED) is 0.408. The van der Waals surface area contributed by atoms with Crippen molar-refractivity contribution < 1.29 is 4.74 Å². The van der Waals surface area contributed by atoms with Crippen molar-refractivity contribution in [3.63, 3.8) is 0 Å². The molecule has 3 atom stereocenters. The average Bonchev–Trinajstić information content (AvgIpc) is 2.43. The fourth-order valence-electron chi connectivity index (χ4n) is 3.30. The number of nitrogens with zero attached hydrogens (tertiary/aromatic N) is 2. The monoisotopic (exact) mass is 312 g/mol. The number of ether oxygens (including phenoxy) is 1.